The lowest BCUT2D eigenvalue weighted by molar-refractivity contribution is -0.137. The number of alkyl halides is 3. The molecule has 2 aromatic rings. The number of aryl methyl sites for hydroxylation is 1. The number of hydrogen-bond donors (Lipinski definition) is 0. The fourth-order valence-corrected chi connectivity index (χ4v) is 4.15. The van der Waals surface area contributed by atoms with Gasteiger partial charge in [-0.05, 0) is 31.2 Å². The van der Waals surface area contributed by atoms with Crippen LogP contribution < -0.4 is 0 Å². The molecule has 1 fully saturated rings. The van der Waals surface area contributed by atoms with Crippen LogP contribution in [0.1, 0.15) is 21.8 Å². The lowest BCUT2D eigenvalue weighted by Crippen LogP contribution is -2.50. The topological polar surface area (TPSA) is 83.7 Å². The van der Waals surface area contributed by atoms with Crippen LogP contribution in [-0.4, -0.2) is 54.9 Å². The van der Waals surface area contributed by atoms with Gasteiger partial charge in [-0.25, -0.2) is 8.42 Å². The van der Waals surface area contributed by atoms with Crippen LogP contribution >= 0.6 is 0 Å². The molecule has 0 bridgehead atoms. The molecule has 27 heavy (non-hydrogen) atoms. The summed E-state index contributed by atoms with van der Waals surface area (Å²) in [5.41, 5.74) is -0.772. The van der Waals surface area contributed by atoms with Crippen molar-refractivity contribution in [2.75, 3.05) is 26.2 Å². The summed E-state index contributed by atoms with van der Waals surface area (Å²) < 4.78 is 69.1. The molecule has 1 saturated heterocycles. The summed E-state index contributed by atoms with van der Waals surface area (Å²) in [5.74, 6) is 0.125. The van der Waals surface area contributed by atoms with Gasteiger partial charge in [0.15, 0.2) is 5.69 Å². The van der Waals surface area contributed by atoms with Crippen molar-refractivity contribution in [2.45, 2.75) is 18.0 Å². The minimum Gasteiger partial charge on any atom is -0.361 e. The molecule has 0 aliphatic carbocycles. The Hall–Kier alpha value is -2.40. The first-order chi connectivity index (χ1) is 12.6. The number of carbonyl (C=O) groups excluding carboxylic acids is 1. The van der Waals surface area contributed by atoms with E-state index in [1.165, 1.54) is 11.0 Å². The van der Waals surface area contributed by atoms with Gasteiger partial charge in [0.1, 0.15) is 5.76 Å². The van der Waals surface area contributed by atoms with Crippen molar-refractivity contribution in [1.29, 1.82) is 0 Å². The Morgan fingerprint density at radius 2 is 1.70 bits per heavy atom. The van der Waals surface area contributed by atoms with Crippen molar-refractivity contribution < 1.29 is 30.9 Å². The van der Waals surface area contributed by atoms with Gasteiger partial charge in [-0.2, -0.15) is 17.5 Å². The van der Waals surface area contributed by atoms with Gasteiger partial charge in [-0.3, -0.25) is 4.79 Å². The highest BCUT2D eigenvalue weighted by Gasteiger charge is 2.33. The number of amides is 1. The van der Waals surface area contributed by atoms with E-state index in [1.54, 1.807) is 6.92 Å². The van der Waals surface area contributed by atoms with Gasteiger partial charge in [0.25, 0.3) is 5.91 Å². The zero-order valence-corrected chi connectivity index (χ0v) is 15.0. The van der Waals surface area contributed by atoms with Crippen LogP contribution in [0.3, 0.4) is 0 Å². The van der Waals surface area contributed by atoms with Crippen LogP contribution in [0.4, 0.5) is 13.2 Å². The summed E-state index contributed by atoms with van der Waals surface area (Å²) in [4.78, 5) is 13.5. The Kier molecular flexibility index (Phi) is 5.00. The third-order valence-corrected chi connectivity index (χ3v) is 6.11. The molecule has 2 heterocycles. The molecule has 0 saturated carbocycles. The maximum atomic E-state index is 12.6. The molecular weight excluding hydrogens is 387 g/mol. The van der Waals surface area contributed by atoms with Crippen molar-refractivity contribution in [2.24, 2.45) is 0 Å². The largest absolute Gasteiger partial charge is 0.416 e. The average Bonchev–Trinajstić information content (AvgIpc) is 3.07. The van der Waals surface area contributed by atoms with Crippen LogP contribution in [0, 0.1) is 6.92 Å². The molecule has 1 aromatic heterocycles. The highest BCUT2D eigenvalue weighted by Crippen LogP contribution is 2.30. The molecule has 3 rings (SSSR count). The lowest BCUT2D eigenvalue weighted by Gasteiger charge is -2.33. The normalized spacial score (nSPS) is 16.5. The first-order valence-electron chi connectivity index (χ1n) is 7.99. The SMILES string of the molecule is Cc1cc(C(=O)N2CCN(S(=O)(=O)c3ccc(C(F)(F)F)cc3)CC2)no1. The maximum absolute atomic E-state index is 12.6. The van der Waals surface area contributed by atoms with Gasteiger partial charge >= 0.3 is 6.18 Å². The smallest absolute Gasteiger partial charge is 0.361 e. The van der Waals surface area contributed by atoms with Gasteiger partial charge in [0, 0.05) is 32.2 Å². The van der Waals surface area contributed by atoms with Crippen molar-refractivity contribution in [1.82, 2.24) is 14.4 Å². The molecular formula is C16H16F3N3O4S. The fourth-order valence-electron chi connectivity index (χ4n) is 2.73. The quantitative estimate of drug-likeness (QED) is 0.784. The van der Waals surface area contributed by atoms with E-state index < -0.39 is 21.8 Å². The van der Waals surface area contributed by atoms with Crippen LogP contribution in [-0.2, 0) is 16.2 Å². The maximum Gasteiger partial charge on any atom is 0.416 e. The monoisotopic (exact) mass is 403 g/mol. The number of hydrogen-bond acceptors (Lipinski definition) is 5. The Morgan fingerprint density at radius 3 is 2.19 bits per heavy atom. The number of sulfonamides is 1. The second-order valence-corrected chi connectivity index (χ2v) is 7.98. The van der Waals surface area contributed by atoms with E-state index in [9.17, 15) is 26.4 Å². The summed E-state index contributed by atoms with van der Waals surface area (Å²) in [6.07, 6.45) is -4.53. The number of nitrogens with zero attached hydrogens (tertiary/aromatic N) is 3. The minimum atomic E-state index is -4.53. The molecule has 1 amide bonds. The van der Waals surface area contributed by atoms with Crippen molar-refractivity contribution in [3.05, 3.63) is 47.3 Å². The molecule has 11 heteroatoms. The van der Waals surface area contributed by atoms with Crippen LogP contribution in [0.5, 0.6) is 0 Å². The summed E-state index contributed by atoms with van der Waals surface area (Å²) >= 11 is 0. The van der Waals surface area contributed by atoms with Gasteiger partial charge in [-0.15, -0.1) is 0 Å². The van der Waals surface area contributed by atoms with Gasteiger partial charge < -0.3 is 9.42 Å². The highest BCUT2D eigenvalue weighted by atomic mass is 32.2. The van der Waals surface area contributed by atoms with Crippen LogP contribution in [0.2, 0.25) is 0 Å². The molecule has 7 nitrogen and oxygen atoms in total. The first kappa shape index (κ1) is 19.4. The molecule has 1 aliphatic rings. The van der Waals surface area contributed by atoms with Crippen molar-refractivity contribution in [3.63, 3.8) is 0 Å². The first-order valence-corrected chi connectivity index (χ1v) is 9.43. The number of benzene rings is 1. The van der Waals surface area contributed by atoms with E-state index in [-0.39, 0.29) is 42.7 Å². The zero-order chi connectivity index (χ0) is 19.8. The number of halogens is 3. The van der Waals surface area contributed by atoms with E-state index in [0.717, 1.165) is 28.6 Å². The summed E-state index contributed by atoms with van der Waals surface area (Å²) in [7, 11) is -3.94. The Bertz CT molecular complexity index is 931. The molecule has 1 aliphatic heterocycles. The van der Waals surface area contributed by atoms with E-state index in [4.69, 9.17) is 4.52 Å². The predicted octanol–water partition coefficient (Wildman–Crippen LogP) is 2.15. The second kappa shape index (κ2) is 6.97. The summed E-state index contributed by atoms with van der Waals surface area (Å²) in [6.45, 7) is 2.01. The van der Waals surface area contributed by atoms with E-state index in [2.05, 4.69) is 5.16 Å². The minimum absolute atomic E-state index is 0.0337. The van der Waals surface area contributed by atoms with E-state index in [0.29, 0.717) is 5.76 Å². The second-order valence-electron chi connectivity index (χ2n) is 6.04. The third kappa shape index (κ3) is 3.98. The van der Waals surface area contributed by atoms with Gasteiger partial charge in [-0.1, -0.05) is 5.16 Å². The Balaban J connectivity index is 1.68. The molecule has 0 N–H and O–H groups in total. The molecule has 1 aromatic carbocycles. The average molecular weight is 403 g/mol. The number of carbonyl (C=O) groups is 1. The van der Waals surface area contributed by atoms with E-state index in [1.807, 2.05) is 0 Å². The molecule has 0 spiro atoms. The number of aromatic nitrogens is 1. The number of rotatable bonds is 3. The van der Waals surface area contributed by atoms with Crippen molar-refractivity contribution >= 4 is 15.9 Å². The van der Waals surface area contributed by atoms with Crippen molar-refractivity contribution in [3.8, 4) is 0 Å². The summed E-state index contributed by atoms with van der Waals surface area (Å²) in [6, 6.07) is 4.84. The zero-order valence-electron chi connectivity index (χ0n) is 14.2. The fraction of sp³-hybridized carbons (Fsp3) is 0.375. The third-order valence-electron chi connectivity index (χ3n) is 4.19. The van der Waals surface area contributed by atoms with Gasteiger partial charge in [0.05, 0.1) is 10.5 Å². The molecule has 0 unspecified atom stereocenters. The number of piperazine rings is 1. The van der Waals surface area contributed by atoms with Crippen LogP contribution in [0.25, 0.3) is 0 Å². The predicted molar refractivity (Wildman–Crippen MR) is 87.3 cm³/mol. The molecule has 0 atom stereocenters. The summed E-state index contributed by atoms with van der Waals surface area (Å²) in [5, 5.41) is 3.64. The lowest BCUT2D eigenvalue weighted by atomic mass is 10.2. The van der Waals surface area contributed by atoms with Gasteiger partial charge in [0.2, 0.25) is 10.0 Å². The Morgan fingerprint density at radius 1 is 1.11 bits per heavy atom. The highest BCUT2D eigenvalue weighted by molar-refractivity contribution is 7.89. The van der Waals surface area contributed by atoms with Crippen LogP contribution in [0.15, 0.2) is 39.8 Å². The molecule has 0 radical (unpaired) electrons. The Labute approximate surface area is 153 Å². The van der Waals surface area contributed by atoms with E-state index >= 15 is 0 Å². The standard InChI is InChI=1S/C16H16F3N3O4S/c1-11-10-14(20-26-11)15(23)21-6-8-22(9-7-21)27(24,25)13-4-2-12(3-5-13)16(17,18)19/h2-5,10H,6-9H2,1H3. The molecule has 146 valence electrons.